The molecule has 3 atom stereocenters. The van der Waals surface area contributed by atoms with Crippen LogP contribution in [-0.4, -0.2) is 59.1 Å². The van der Waals surface area contributed by atoms with E-state index in [0.29, 0.717) is 25.8 Å². The van der Waals surface area contributed by atoms with Gasteiger partial charge in [0.2, 0.25) is 0 Å². The summed E-state index contributed by atoms with van der Waals surface area (Å²) >= 11 is 0. The Labute approximate surface area is 122 Å². The molecule has 0 aromatic heterocycles. The van der Waals surface area contributed by atoms with Gasteiger partial charge in [0.1, 0.15) is 0 Å². The normalized spacial score (nSPS) is 24.2. The zero-order chi connectivity index (χ0) is 15.3. The van der Waals surface area contributed by atoms with E-state index >= 15 is 0 Å². The summed E-state index contributed by atoms with van der Waals surface area (Å²) in [5.41, 5.74) is 0. The molecule has 2 N–H and O–H groups in total. The number of nitrogens with zero attached hydrogens (tertiary/aromatic N) is 1. The van der Waals surface area contributed by atoms with Gasteiger partial charge in [-0.3, -0.25) is 9.00 Å². The van der Waals surface area contributed by atoms with Gasteiger partial charge in [-0.05, 0) is 19.3 Å². The van der Waals surface area contributed by atoms with Crippen molar-refractivity contribution in [1.82, 2.24) is 9.03 Å². The topological polar surface area (TPSA) is 104 Å². The molecule has 118 valence electrons. The van der Waals surface area contributed by atoms with Gasteiger partial charge in [-0.1, -0.05) is 6.92 Å². The summed E-state index contributed by atoms with van der Waals surface area (Å²) in [6.45, 7) is 2.36. The maximum Gasteiger partial charge on any atom is 0.307 e. The van der Waals surface area contributed by atoms with Gasteiger partial charge >= 0.3 is 5.97 Å². The van der Waals surface area contributed by atoms with Gasteiger partial charge in [0.15, 0.2) is 0 Å². The fourth-order valence-electron chi connectivity index (χ4n) is 2.01. The molecule has 0 radical (unpaired) electrons. The second kappa shape index (κ2) is 7.48. The average molecular weight is 326 g/mol. The van der Waals surface area contributed by atoms with Crippen LogP contribution in [-0.2, 0) is 25.8 Å². The Morgan fingerprint density at radius 3 is 2.75 bits per heavy atom. The highest BCUT2D eigenvalue weighted by molar-refractivity contribution is 7.87. The largest absolute Gasteiger partial charge is 0.481 e. The van der Waals surface area contributed by atoms with Crippen molar-refractivity contribution in [1.29, 1.82) is 0 Å². The van der Waals surface area contributed by atoms with E-state index in [1.165, 1.54) is 4.31 Å². The van der Waals surface area contributed by atoms with Gasteiger partial charge in [-0.25, -0.2) is 4.72 Å². The van der Waals surface area contributed by atoms with E-state index in [0.717, 1.165) is 0 Å². The molecule has 0 saturated carbocycles. The van der Waals surface area contributed by atoms with Crippen LogP contribution in [0.5, 0.6) is 0 Å². The van der Waals surface area contributed by atoms with Crippen molar-refractivity contribution in [3.05, 3.63) is 0 Å². The Morgan fingerprint density at radius 2 is 2.20 bits per heavy atom. The summed E-state index contributed by atoms with van der Waals surface area (Å²) < 4.78 is 38.9. The number of carboxylic acids is 1. The molecule has 3 unspecified atom stereocenters. The smallest absolute Gasteiger partial charge is 0.307 e. The minimum absolute atomic E-state index is 0.0138. The Morgan fingerprint density at radius 1 is 1.55 bits per heavy atom. The number of nitrogens with one attached hydrogen (secondary N) is 1. The average Bonchev–Trinajstić information content (AvgIpc) is 2.38. The third-order valence-corrected chi connectivity index (χ3v) is 6.42. The van der Waals surface area contributed by atoms with Crippen molar-refractivity contribution < 1.29 is 22.5 Å². The number of piperidine rings is 1. The summed E-state index contributed by atoms with van der Waals surface area (Å²) in [7, 11) is -4.63. The molecule has 1 aliphatic heterocycles. The Bertz CT molecular complexity index is 465. The van der Waals surface area contributed by atoms with Gasteiger partial charge in [-0.15, -0.1) is 0 Å². The molecule has 0 aromatic carbocycles. The molecular weight excluding hydrogens is 304 g/mol. The lowest BCUT2D eigenvalue weighted by Gasteiger charge is -2.29. The van der Waals surface area contributed by atoms with E-state index in [2.05, 4.69) is 4.72 Å². The molecule has 9 heteroatoms. The van der Waals surface area contributed by atoms with Crippen molar-refractivity contribution in [2.45, 2.75) is 31.4 Å². The van der Waals surface area contributed by atoms with Crippen molar-refractivity contribution in [2.24, 2.45) is 5.92 Å². The van der Waals surface area contributed by atoms with Gasteiger partial charge in [-0.2, -0.15) is 12.7 Å². The minimum Gasteiger partial charge on any atom is -0.481 e. The van der Waals surface area contributed by atoms with Crippen molar-refractivity contribution >= 4 is 27.0 Å². The van der Waals surface area contributed by atoms with Crippen LogP contribution in [0.1, 0.15) is 26.2 Å². The van der Waals surface area contributed by atoms with Crippen molar-refractivity contribution in [3.8, 4) is 0 Å². The van der Waals surface area contributed by atoms with Crippen LogP contribution in [0.15, 0.2) is 0 Å². The summed E-state index contributed by atoms with van der Waals surface area (Å²) in [5.74, 6) is -1.60. The lowest BCUT2D eigenvalue weighted by Crippen LogP contribution is -2.47. The molecule has 0 spiro atoms. The first-order valence-corrected chi connectivity index (χ1v) is 9.60. The summed E-state index contributed by atoms with van der Waals surface area (Å²) in [6.07, 6.45) is 3.13. The number of rotatable bonds is 7. The highest BCUT2D eigenvalue weighted by Gasteiger charge is 2.31. The van der Waals surface area contributed by atoms with E-state index in [1.807, 2.05) is 0 Å². The molecule has 1 aliphatic rings. The third-order valence-electron chi connectivity index (χ3n) is 3.48. The maximum absolute atomic E-state index is 12.1. The van der Waals surface area contributed by atoms with Gasteiger partial charge in [0.05, 0.1) is 5.92 Å². The summed E-state index contributed by atoms with van der Waals surface area (Å²) in [5, 5.41) is 8.88. The van der Waals surface area contributed by atoms with Crippen LogP contribution in [0.25, 0.3) is 0 Å². The van der Waals surface area contributed by atoms with Crippen LogP contribution in [0.2, 0.25) is 0 Å². The first-order valence-electron chi connectivity index (χ1n) is 6.54. The second-order valence-electron chi connectivity index (χ2n) is 5.03. The summed E-state index contributed by atoms with van der Waals surface area (Å²) in [4.78, 5) is 10.9. The molecule has 1 heterocycles. The zero-order valence-corrected chi connectivity index (χ0v) is 13.4. The van der Waals surface area contributed by atoms with Gasteiger partial charge in [0.25, 0.3) is 10.2 Å². The highest BCUT2D eigenvalue weighted by atomic mass is 32.2. The molecule has 0 aliphatic carbocycles. The van der Waals surface area contributed by atoms with E-state index in [9.17, 15) is 17.4 Å². The molecule has 0 aromatic rings. The van der Waals surface area contributed by atoms with E-state index in [4.69, 9.17) is 5.11 Å². The van der Waals surface area contributed by atoms with E-state index in [1.54, 1.807) is 13.2 Å². The van der Waals surface area contributed by atoms with E-state index in [-0.39, 0.29) is 18.3 Å². The second-order valence-corrected chi connectivity index (χ2v) is 8.59. The number of carbonyl (C=O) groups is 1. The first-order chi connectivity index (χ1) is 9.24. The van der Waals surface area contributed by atoms with Crippen molar-refractivity contribution in [2.75, 3.05) is 25.9 Å². The molecular formula is C11H22N2O5S2. The Kier molecular flexibility index (Phi) is 6.56. The first kappa shape index (κ1) is 17.5. The van der Waals surface area contributed by atoms with Crippen LogP contribution >= 0.6 is 0 Å². The number of carboxylic acid groups (broad SMARTS) is 1. The predicted octanol–water partition coefficient (Wildman–Crippen LogP) is -0.225. The number of hydrogen-bond acceptors (Lipinski definition) is 4. The van der Waals surface area contributed by atoms with E-state index < -0.39 is 32.9 Å². The fourth-order valence-corrected chi connectivity index (χ4v) is 3.76. The molecule has 0 bridgehead atoms. The van der Waals surface area contributed by atoms with Crippen LogP contribution in [0.4, 0.5) is 0 Å². The van der Waals surface area contributed by atoms with Crippen molar-refractivity contribution in [3.63, 3.8) is 0 Å². The molecule has 1 rings (SSSR count). The van der Waals surface area contributed by atoms with Crippen LogP contribution < -0.4 is 4.72 Å². The monoisotopic (exact) mass is 326 g/mol. The van der Waals surface area contributed by atoms with Crippen LogP contribution in [0.3, 0.4) is 0 Å². The standard InChI is InChI=1S/C11H22N2O5S2/c1-9(19(2)16)5-6-12-20(17,18)13-7-3-4-10(8-13)11(14)15/h9-10,12H,3-8H2,1-2H3,(H,14,15). The molecule has 20 heavy (non-hydrogen) atoms. The summed E-state index contributed by atoms with van der Waals surface area (Å²) in [6, 6.07) is 0. The SMILES string of the molecule is CC(CCNS(=O)(=O)N1CCCC(C(=O)O)C1)S(C)=O. The number of aliphatic carboxylic acids is 1. The Hall–Kier alpha value is -0.510. The Balaban J connectivity index is 2.51. The minimum atomic E-state index is -3.65. The zero-order valence-electron chi connectivity index (χ0n) is 11.7. The maximum atomic E-state index is 12.1. The fraction of sp³-hybridized carbons (Fsp3) is 0.909. The lowest BCUT2D eigenvalue weighted by molar-refractivity contribution is -0.142. The van der Waals surface area contributed by atoms with Crippen LogP contribution in [0, 0.1) is 5.92 Å². The number of hydrogen-bond donors (Lipinski definition) is 2. The highest BCUT2D eigenvalue weighted by Crippen LogP contribution is 2.18. The third kappa shape index (κ3) is 5.12. The molecule has 1 fully saturated rings. The lowest BCUT2D eigenvalue weighted by atomic mass is 10.0. The van der Waals surface area contributed by atoms with Gasteiger partial charge in [0, 0.05) is 41.9 Å². The molecule has 7 nitrogen and oxygen atoms in total. The molecule has 1 saturated heterocycles. The predicted molar refractivity (Wildman–Crippen MR) is 77.0 cm³/mol. The van der Waals surface area contributed by atoms with Gasteiger partial charge < -0.3 is 5.11 Å². The molecule has 0 amide bonds. The quantitative estimate of drug-likeness (QED) is 0.673.